The van der Waals surface area contributed by atoms with E-state index in [1.165, 1.54) is 0 Å². The van der Waals surface area contributed by atoms with Gasteiger partial charge in [-0.1, -0.05) is 0 Å². The third-order valence-electron chi connectivity index (χ3n) is 1.60. The van der Waals surface area contributed by atoms with Crippen LogP contribution in [0.4, 0.5) is 0 Å². The second kappa shape index (κ2) is 3.33. The fourth-order valence-corrected chi connectivity index (χ4v) is 1.80. The first-order chi connectivity index (χ1) is 5.90. The van der Waals surface area contributed by atoms with Gasteiger partial charge in [0.05, 0.1) is 5.88 Å². The monoisotopic (exact) mass is 198 g/mol. The molecule has 0 aliphatic heterocycles. The van der Waals surface area contributed by atoms with Gasteiger partial charge in [-0.25, -0.2) is 0 Å². The Morgan fingerprint density at radius 1 is 1.33 bits per heavy atom. The van der Waals surface area contributed by atoms with E-state index in [4.69, 9.17) is 16.0 Å². The van der Waals surface area contributed by atoms with Crippen molar-refractivity contribution in [3.05, 3.63) is 34.7 Å². The van der Waals surface area contributed by atoms with Crippen molar-refractivity contribution in [2.24, 2.45) is 0 Å². The lowest BCUT2D eigenvalue weighted by Gasteiger charge is -1.89. The molecule has 0 saturated heterocycles. The highest BCUT2D eigenvalue weighted by Gasteiger charge is 2.03. The molecule has 0 fully saturated rings. The van der Waals surface area contributed by atoms with Crippen LogP contribution in [0.3, 0.4) is 0 Å². The quantitative estimate of drug-likeness (QED) is 0.670. The first kappa shape index (κ1) is 7.90. The SMILES string of the molecule is ClCc1ccc(-c2ccsc2)o1. The minimum atomic E-state index is 0.435. The second-order valence-corrected chi connectivity index (χ2v) is 3.46. The summed E-state index contributed by atoms with van der Waals surface area (Å²) in [5, 5.41) is 4.08. The minimum absolute atomic E-state index is 0.435. The average molecular weight is 199 g/mol. The van der Waals surface area contributed by atoms with Gasteiger partial charge in [0.1, 0.15) is 11.5 Å². The molecule has 0 bridgehead atoms. The molecule has 12 heavy (non-hydrogen) atoms. The highest BCUT2D eigenvalue weighted by molar-refractivity contribution is 7.08. The van der Waals surface area contributed by atoms with Gasteiger partial charge in [-0.15, -0.1) is 11.6 Å². The van der Waals surface area contributed by atoms with Gasteiger partial charge in [0.15, 0.2) is 0 Å². The topological polar surface area (TPSA) is 13.1 Å². The van der Waals surface area contributed by atoms with Gasteiger partial charge in [0, 0.05) is 10.9 Å². The number of alkyl halides is 1. The van der Waals surface area contributed by atoms with Crippen LogP contribution in [-0.4, -0.2) is 0 Å². The summed E-state index contributed by atoms with van der Waals surface area (Å²) in [6.07, 6.45) is 0. The molecule has 0 spiro atoms. The molecule has 0 atom stereocenters. The Labute approximate surface area is 79.6 Å². The lowest BCUT2D eigenvalue weighted by Crippen LogP contribution is -1.66. The molecule has 0 saturated carbocycles. The zero-order valence-electron chi connectivity index (χ0n) is 6.29. The van der Waals surface area contributed by atoms with Crippen molar-refractivity contribution in [2.75, 3.05) is 0 Å². The Morgan fingerprint density at radius 3 is 2.83 bits per heavy atom. The fraction of sp³-hybridized carbons (Fsp3) is 0.111. The van der Waals surface area contributed by atoms with Crippen LogP contribution in [0, 0.1) is 0 Å². The summed E-state index contributed by atoms with van der Waals surface area (Å²) in [6, 6.07) is 5.88. The van der Waals surface area contributed by atoms with Crippen molar-refractivity contribution in [2.45, 2.75) is 5.88 Å². The van der Waals surface area contributed by atoms with Crippen molar-refractivity contribution >= 4 is 22.9 Å². The van der Waals surface area contributed by atoms with E-state index in [1.54, 1.807) is 11.3 Å². The van der Waals surface area contributed by atoms with Gasteiger partial charge >= 0.3 is 0 Å². The summed E-state index contributed by atoms with van der Waals surface area (Å²) in [6.45, 7) is 0. The number of thiophene rings is 1. The summed E-state index contributed by atoms with van der Waals surface area (Å²) in [5.41, 5.74) is 1.12. The van der Waals surface area contributed by atoms with E-state index >= 15 is 0 Å². The van der Waals surface area contributed by atoms with Gasteiger partial charge in [0.25, 0.3) is 0 Å². The standard InChI is InChI=1S/C9H7ClOS/c10-5-8-1-2-9(11-8)7-3-4-12-6-7/h1-4,6H,5H2. The molecule has 2 aromatic heterocycles. The van der Waals surface area contributed by atoms with E-state index in [9.17, 15) is 0 Å². The molecule has 0 N–H and O–H groups in total. The molecule has 0 aromatic carbocycles. The van der Waals surface area contributed by atoms with Crippen molar-refractivity contribution in [1.82, 2.24) is 0 Å². The molecule has 0 aliphatic carbocycles. The van der Waals surface area contributed by atoms with E-state index in [1.807, 2.05) is 23.6 Å². The molecule has 0 aliphatic rings. The second-order valence-electron chi connectivity index (χ2n) is 2.41. The summed E-state index contributed by atoms with van der Waals surface area (Å²) >= 11 is 7.27. The lowest BCUT2D eigenvalue weighted by molar-refractivity contribution is 0.543. The average Bonchev–Trinajstić information content (AvgIpc) is 2.75. The lowest BCUT2D eigenvalue weighted by atomic mass is 10.3. The van der Waals surface area contributed by atoms with Crippen LogP contribution >= 0.6 is 22.9 Å². The van der Waals surface area contributed by atoms with Gasteiger partial charge in [-0.2, -0.15) is 11.3 Å². The van der Waals surface area contributed by atoms with E-state index in [2.05, 4.69) is 5.38 Å². The van der Waals surface area contributed by atoms with E-state index in [-0.39, 0.29) is 0 Å². The third kappa shape index (κ3) is 1.40. The molecular weight excluding hydrogens is 192 g/mol. The predicted molar refractivity (Wildman–Crippen MR) is 51.6 cm³/mol. The molecule has 3 heteroatoms. The molecule has 62 valence electrons. The zero-order chi connectivity index (χ0) is 8.39. The highest BCUT2D eigenvalue weighted by Crippen LogP contribution is 2.24. The molecule has 0 unspecified atom stereocenters. The van der Waals surface area contributed by atoms with Gasteiger partial charge in [-0.05, 0) is 23.6 Å². The number of hydrogen-bond acceptors (Lipinski definition) is 2. The number of halogens is 1. The van der Waals surface area contributed by atoms with Crippen molar-refractivity contribution in [3.8, 4) is 11.3 Å². The van der Waals surface area contributed by atoms with Crippen LogP contribution in [0.5, 0.6) is 0 Å². The Bertz CT molecular complexity index is 350. The molecule has 0 radical (unpaired) electrons. The molecular formula is C9H7ClOS. The summed E-state index contributed by atoms with van der Waals surface area (Å²) in [5.74, 6) is 2.15. The van der Waals surface area contributed by atoms with E-state index in [0.29, 0.717) is 5.88 Å². The molecule has 2 aromatic rings. The Morgan fingerprint density at radius 2 is 2.25 bits per heavy atom. The predicted octanol–water partition coefficient (Wildman–Crippen LogP) is 3.75. The van der Waals surface area contributed by atoms with Gasteiger partial charge < -0.3 is 4.42 Å². The smallest absolute Gasteiger partial charge is 0.135 e. The molecule has 0 amide bonds. The highest BCUT2D eigenvalue weighted by atomic mass is 35.5. The van der Waals surface area contributed by atoms with Crippen LogP contribution in [-0.2, 0) is 5.88 Å². The number of furan rings is 1. The van der Waals surface area contributed by atoms with E-state index in [0.717, 1.165) is 17.1 Å². The van der Waals surface area contributed by atoms with Crippen LogP contribution in [0.25, 0.3) is 11.3 Å². The summed E-state index contributed by atoms with van der Waals surface area (Å²) < 4.78 is 5.45. The molecule has 1 nitrogen and oxygen atoms in total. The first-order valence-electron chi connectivity index (χ1n) is 3.57. The molecule has 2 heterocycles. The zero-order valence-corrected chi connectivity index (χ0v) is 7.86. The van der Waals surface area contributed by atoms with Crippen LogP contribution < -0.4 is 0 Å². The largest absolute Gasteiger partial charge is 0.460 e. The fourth-order valence-electron chi connectivity index (χ4n) is 1.01. The minimum Gasteiger partial charge on any atom is -0.460 e. The van der Waals surface area contributed by atoms with Crippen LogP contribution in [0.1, 0.15) is 5.76 Å². The Kier molecular flexibility index (Phi) is 2.19. The summed E-state index contributed by atoms with van der Waals surface area (Å²) in [7, 11) is 0. The van der Waals surface area contributed by atoms with Crippen LogP contribution in [0.15, 0.2) is 33.4 Å². The van der Waals surface area contributed by atoms with Crippen LogP contribution in [0.2, 0.25) is 0 Å². The Hall–Kier alpha value is -0.730. The first-order valence-corrected chi connectivity index (χ1v) is 5.05. The van der Waals surface area contributed by atoms with Gasteiger partial charge in [0.2, 0.25) is 0 Å². The normalized spacial score (nSPS) is 10.4. The maximum atomic E-state index is 5.61. The number of rotatable bonds is 2. The Balaban J connectivity index is 2.35. The molecule has 2 rings (SSSR count). The van der Waals surface area contributed by atoms with Crippen molar-refractivity contribution < 1.29 is 4.42 Å². The van der Waals surface area contributed by atoms with E-state index < -0.39 is 0 Å². The maximum absolute atomic E-state index is 5.61. The summed E-state index contributed by atoms with van der Waals surface area (Å²) in [4.78, 5) is 0. The van der Waals surface area contributed by atoms with Crippen molar-refractivity contribution in [3.63, 3.8) is 0 Å². The number of hydrogen-bond donors (Lipinski definition) is 0. The van der Waals surface area contributed by atoms with Gasteiger partial charge in [-0.3, -0.25) is 0 Å². The maximum Gasteiger partial charge on any atom is 0.135 e. The van der Waals surface area contributed by atoms with Crippen molar-refractivity contribution in [1.29, 1.82) is 0 Å². The third-order valence-corrected chi connectivity index (χ3v) is 2.55.